The summed E-state index contributed by atoms with van der Waals surface area (Å²) in [5, 5.41) is 13.7. The maximum Gasteiger partial charge on any atom is 0.155 e. The first-order valence-electron chi connectivity index (χ1n) is 6.33. The minimum absolute atomic E-state index is 0.264. The molecule has 0 radical (unpaired) electrons. The van der Waals surface area contributed by atoms with E-state index in [0.717, 1.165) is 21.3 Å². The quantitative estimate of drug-likeness (QED) is 0.743. The van der Waals surface area contributed by atoms with Crippen molar-refractivity contribution in [1.82, 2.24) is 20.0 Å². The third-order valence-corrected chi connectivity index (χ3v) is 3.77. The third kappa shape index (κ3) is 2.92. The van der Waals surface area contributed by atoms with Crippen LogP contribution in [0.25, 0.3) is 11.3 Å². The molecule has 0 fully saturated rings. The van der Waals surface area contributed by atoms with E-state index in [1.807, 2.05) is 20.0 Å². The van der Waals surface area contributed by atoms with Gasteiger partial charge in [-0.15, -0.1) is 10.2 Å². The van der Waals surface area contributed by atoms with Crippen molar-refractivity contribution in [2.24, 2.45) is 7.05 Å². The molecule has 7 heteroatoms. The molecule has 0 atom stereocenters. The van der Waals surface area contributed by atoms with Gasteiger partial charge in [-0.05, 0) is 25.1 Å². The van der Waals surface area contributed by atoms with Crippen LogP contribution in [0.3, 0.4) is 0 Å². The maximum atomic E-state index is 13.5. The van der Waals surface area contributed by atoms with E-state index >= 15 is 0 Å². The zero-order valence-electron chi connectivity index (χ0n) is 11.6. The third-order valence-electron chi connectivity index (χ3n) is 2.96. The topological polar surface area (TPSA) is 52.8 Å². The summed E-state index contributed by atoms with van der Waals surface area (Å²) in [6.45, 7) is 2.14. The lowest BCUT2D eigenvalue weighted by Crippen LogP contribution is -2.00. The highest BCUT2D eigenvalue weighted by Crippen LogP contribution is 2.31. The van der Waals surface area contributed by atoms with E-state index in [1.54, 1.807) is 16.9 Å². The van der Waals surface area contributed by atoms with Crippen LogP contribution >= 0.6 is 11.3 Å². The highest BCUT2D eigenvalue weighted by Gasteiger charge is 2.12. The molecule has 1 aromatic carbocycles. The number of rotatable bonds is 4. The number of aromatic nitrogens is 4. The molecule has 2 heterocycles. The Morgan fingerprint density at radius 2 is 2.14 bits per heavy atom. The van der Waals surface area contributed by atoms with Gasteiger partial charge in [0.05, 0.1) is 5.69 Å². The predicted molar refractivity (Wildman–Crippen MR) is 77.6 cm³/mol. The molecular weight excluding hydrogens is 291 g/mol. The van der Waals surface area contributed by atoms with Crippen molar-refractivity contribution < 1.29 is 9.13 Å². The number of ether oxygens (including phenoxy) is 1. The molecule has 0 saturated carbocycles. The Labute approximate surface area is 125 Å². The average Bonchev–Trinajstić information content (AvgIpc) is 3.05. The van der Waals surface area contributed by atoms with Gasteiger partial charge in [-0.1, -0.05) is 11.3 Å². The monoisotopic (exact) mass is 304 g/mol. The van der Waals surface area contributed by atoms with Crippen molar-refractivity contribution in [2.45, 2.75) is 13.5 Å². The van der Waals surface area contributed by atoms with E-state index in [1.165, 1.54) is 23.5 Å². The first-order chi connectivity index (χ1) is 10.1. The van der Waals surface area contributed by atoms with E-state index in [4.69, 9.17) is 4.74 Å². The Morgan fingerprint density at radius 3 is 2.81 bits per heavy atom. The van der Waals surface area contributed by atoms with Crippen molar-refractivity contribution in [3.8, 4) is 17.0 Å². The van der Waals surface area contributed by atoms with Gasteiger partial charge in [0.2, 0.25) is 0 Å². The Balaban J connectivity index is 1.90. The molecule has 0 saturated heterocycles. The van der Waals surface area contributed by atoms with Gasteiger partial charge in [-0.25, -0.2) is 4.39 Å². The Hall–Kier alpha value is -2.28. The van der Waals surface area contributed by atoms with Crippen LogP contribution in [0.2, 0.25) is 0 Å². The van der Waals surface area contributed by atoms with Gasteiger partial charge in [-0.2, -0.15) is 5.10 Å². The Morgan fingerprint density at radius 1 is 1.29 bits per heavy atom. The molecular formula is C14H13FN4OS. The fourth-order valence-electron chi connectivity index (χ4n) is 2.00. The van der Waals surface area contributed by atoms with Crippen molar-refractivity contribution in [3.05, 3.63) is 46.3 Å². The SMILES string of the molecule is Cc1nnc(COc2cc(F)ccc2-c2ccnn2C)s1. The first-order valence-corrected chi connectivity index (χ1v) is 7.15. The number of hydrogen-bond donors (Lipinski definition) is 0. The zero-order valence-corrected chi connectivity index (χ0v) is 12.4. The summed E-state index contributed by atoms with van der Waals surface area (Å²) in [4.78, 5) is 0. The van der Waals surface area contributed by atoms with Crippen LogP contribution in [0.15, 0.2) is 30.5 Å². The molecule has 0 N–H and O–H groups in total. The molecule has 0 aliphatic heterocycles. The second kappa shape index (κ2) is 5.61. The molecule has 0 spiro atoms. The van der Waals surface area contributed by atoms with Gasteiger partial charge >= 0.3 is 0 Å². The minimum atomic E-state index is -0.343. The Bertz CT molecular complexity index is 768. The van der Waals surface area contributed by atoms with Gasteiger partial charge in [0.1, 0.15) is 23.2 Å². The molecule has 5 nitrogen and oxygen atoms in total. The van der Waals surface area contributed by atoms with Crippen LogP contribution in [0.5, 0.6) is 5.75 Å². The lowest BCUT2D eigenvalue weighted by Gasteiger charge is -2.11. The lowest BCUT2D eigenvalue weighted by molar-refractivity contribution is 0.304. The van der Waals surface area contributed by atoms with Crippen molar-refractivity contribution in [2.75, 3.05) is 0 Å². The largest absolute Gasteiger partial charge is 0.486 e. The average molecular weight is 304 g/mol. The summed E-state index contributed by atoms with van der Waals surface area (Å²) in [5.74, 6) is 0.121. The van der Waals surface area contributed by atoms with Crippen LogP contribution in [0.4, 0.5) is 4.39 Å². The second-order valence-corrected chi connectivity index (χ2v) is 5.75. The normalized spacial score (nSPS) is 10.8. The molecule has 21 heavy (non-hydrogen) atoms. The molecule has 108 valence electrons. The molecule has 0 aliphatic carbocycles. The minimum Gasteiger partial charge on any atom is -0.486 e. The van der Waals surface area contributed by atoms with Crippen molar-refractivity contribution in [1.29, 1.82) is 0 Å². The number of hydrogen-bond acceptors (Lipinski definition) is 5. The van der Waals surface area contributed by atoms with Crippen LogP contribution in [0.1, 0.15) is 10.0 Å². The smallest absolute Gasteiger partial charge is 0.155 e. The van der Waals surface area contributed by atoms with Gasteiger partial charge in [0, 0.05) is 24.9 Å². The first kappa shape index (κ1) is 13.7. The van der Waals surface area contributed by atoms with E-state index in [0.29, 0.717) is 5.75 Å². The molecule has 0 bridgehead atoms. The second-order valence-electron chi connectivity index (χ2n) is 4.48. The van der Waals surface area contributed by atoms with E-state index in [9.17, 15) is 4.39 Å². The standard InChI is InChI=1S/C14H13FN4OS/c1-9-17-18-14(21-9)8-20-13-7-10(15)3-4-11(13)12-5-6-16-19(12)2/h3-7H,8H2,1-2H3. The summed E-state index contributed by atoms with van der Waals surface area (Å²) in [7, 11) is 1.83. The summed E-state index contributed by atoms with van der Waals surface area (Å²) >= 11 is 1.46. The van der Waals surface area contributed by atoms with Gasteiger partial charge in [-0.3, -0.25) is 4.68 Å². The lowest BCUT2D eigenvalue weighted by atomic mass is 10.1. The van der Waals surface area contributed by atoms with Gasteiger partial charge in [0.25, 0.3) is 0 Å². The van der Waals surface area contributed by atoms with Crippen molar-refractivity contribution in [3.63, 3.8) is 0 Å². The van der Waals surface area contributed by atoms with Crippen LogP contribution in [-0.4, -0.2) is 20.0 Å². The molecule has 2 aromatic heterocycles. The number of nitrogens with zero attached hydrogens (tertiary/aromatic N) is 4. The highest BCUT2D eigenvalue weighted by atomic mass is 32.1. The fourth-order valence-corrected chi connectivity index (χ4v) is 2.62. The van der Waals surface area contributed by atoms with Gasteiger partial charge in [0.15, 0.2) is 5.01 Å². The zero-order chi connectivity index (χ0) is 14.8. The van der Waals surface area contributed by atoms with Gasteiger partial charge < -0.3 is 4.74 Å². The van der Waals surface area contributed by atoms with Crippen LogP contribution < -0.4 is 4.74 Å². The fraction of sp³-hybridized carbons (Fsp3) is 0.214. The summed E-state index contributed by atoms with van der Waals surface area (Å²) < 4.78 is 20.9. The Kier molecular flexibility index (Phi) is 3.66. The van der Waals surface area contributed by atoms with E-state index in [2.05, 4.69) is 15.3 Å². The molecule has 3 rings (SSSR count). The maximum absolute atomic E-state index is 13.5. The summed E-state index contributed by atoms with van der Waals surface area (Å²) in [6, 6.07) is 6.32. The number of aryl methyl sites for hydroxylation is 2. The molecule has 0 aliphatic rings. The summed E-state index contributed by atoms with van der Waals surface area (Å²) in [5.41, 5.74) is 1.65. The highest BCUT2D eigenvalue weighted by molar-refractivity contribution is 7.11. The number of halogens is 1. The summed E-state index contributed by atoms with van der Waals surface area (Å²) in [6.07, 6.45) is 1.69. The molecule has 3 aromatic rings. The van der Waals surface area contributed by atoms with E-state index in [-0.39, 0.29) is 12.4 Å². The van der Waals surface area contributed by atoms with Crippen molar-refractivity contribution >= 4 is 11.3 Å². The molecule has 0 unspecified atom stereocenters. The van der Waals surface area contributed by atoms with Crippen LogP contribution in [0, 0.1) is 12.7 Å². The molecule has 0 amide bonds. The predicted octanol–water partition coefficient (Wildman–Crippen LogP) is 2.97. The number of benzene rings is 1. The van der Waals surface area contributed by atoms with E-state index < -0.39 is 0 Å². The van der Waals surface area contributed by atoms with Crippen LogP contribution in [-0.2, 0) is 13.7 Å².